The van der Waals surface area contributed by atoms with E-state index in [0.29, 0.717) is 6.42 Å². The number of nitrogens with one attached hydrogen (secondary N) is 1. The van der Waals surface area contributed by atoms with Crippen molar-refractivity contribution < 1.29 is 14.3 Å². The minimum absolute atomic E-state index is 0.382. The van der Waals surface area contributed by atoms with E-state index in [9.17, 15) is 9.59 Å². The molecule has 0 saturated carbocycles. The average molecular weight is 298 g/mol. The van der Waals surface area contributed by atoms with Gasteiger partial charge in [-0.25, -0.2) is 4.79 Å². The van der Waals surface area contributed by atoms with Gasteiger partial charge in [-0.2, -0.15) is 0 Å². The fraction of sp³-hybridized carbons (Fsp3) is 0.333. The van der Waals surface area contributed by atoms with Crippen molar-refractivity contribution in [3.8, 4) is 0 Å². The molecule has 1 aliphatic rings. The highest BCUT2D eigenvalue weighted by Crippen LogP contribution is 2.23. The van der Waals surface area contributed by atoms with Crippen molar-refractivity contribution in [3.05, 3.63) is 35.4 Å². The molecule has 17 heavy (non-hydrogen) atoms. The number of ether oxygens (including phenoxy) is 1. The zero-order valence-electron chi connectivity index (χ0n) is 9.33. The lowest BCUT2D eigenvalue weighted by Crippen LogP contribution is -2.38. The summed E-state index contributed by atoms with van der Waals surface area (Å²) in [6.45, 7) is 1.62. The number of alkyl halides is 1. The molecule has 1 saturated heterocycles. The molecule has 1 aromatic carbocycles. The topological polar surface area (TPSA) is 55.4 Å². The van der Waals surface area contributed by atoms with E-state index in [1.807, 2.05) is 24.3 Å². The predicted molar refractivity (Wildman–Crippen MR) is 65.8 cm³/mol. The van der Waals surface area contributed by atoms with E-state index in [4.69, 9.17) is 4.74 Å². The second kappa shape index (κ2) is 4.49. The van der Waals surface area contributed by atoms with Gasteiger partial charge in [0.1, 0.15) is 0 Å². The summed E-state index contributed by atoms with van der Waals surface area (Å²) < 4.78 is 5.01. The molecule has 0 bridgehead atoms. The number of hydrogen-bond acceptors (Lipinski definition) is 3. The molecule has 1 aromatic rings. The van der Waals surface area contributed by atoms with Crippen molar-refractivity contribution in [3.63, 3.8) is 0 Å². The Hall–Kier alpha value is -1.36. The molecule has 0 radical (unpaired) electrons. The molecule has 0 aliphatic carbocycles. The molecule has 5 heteroatoms. The fourth-order valence-corrected chi connectivity index (χ4v) is 2.13. The van der Waals surface area contributed by atoms with E-state index in [0.717, 1.165) is 16.5 Å². The van der Waals surface area contributed by atoms with Crippen LogP contribution in [0, 0.1) is 0 Å². The van der Waals surface area contributed by atoms with Crippen LogP contribution < -0.4 is 5.32 Å². The van der Waals surface area contributed by atoms with Crippen molar-refractivity contribution in [1.29, 1.82) is 0 Å². The molecule has 0 unspecified atom stereocenters. The Morgan fingerprint density at radius 3 is 2.29 bits per heavy atom. The normalized spacial score (nSPS) is 23.4. The molecule has 1 N–H and O–H groups in total. The SMILES string of the molecule is C[C@@]1(Cc2ccc(CBr)cc2)OC(=O)NC1=O. The van der Waals surface area contributed by atoms with Crippen LogP contribution in [-0.4, -0.2) is 17.6 Å². The first-order chi connectivity index (χ1) is 8.03. The van der Waals surface area contributed by atoms with E-state index < -0.39 is 11.7 Å². The van der Waals surface area contributed by atoms with Crippen molar-refractivity contribution in [2.24, 2.45) is 0 Å². The molecule has 2 amide bonds. The van der Waals surface area contributed by atoms with Crippen LogP contribution in [0.5, 0.6) is 0 Å². The molecule has 1 atom stereocenters. The number of carbonyl (C=O) groups is 2. The first-order valence-corrected chi connectivity index (χ1v) is 6.34. The van der Waals surface area contributed by atoms with Gasteiger partial charge in [0.2, 0.25) is 0 Å². The summed E-state index contributed by atoms with van der Waals surface area (Å²) in [4.78, 5) is 22.6. The fourth-order valence-electron chi connectivity index (χ4n) is 1.75. The molecule has 2 rings (SSSR count). The molecule has 0 aromatic heterocycles. The first-order valence-electron chi connectivity index (χ1n) is 5.22. The Balaban J connectivity index is 2.14. The van der Waals surface area contributed by atoms with Gasteiger partial charge in [0, 0.05) is 11.8 Å². The summed E-state index contributed by atoms with van der Waals surface area (Å²) in [6.07, 6.45) is -0.290. The van der Waals surface area contributed by atoms with E-state index in [1.165, 1.54) is 0 Å². The van der Waals surface area contributed by atoms with Crippen LogP contribution in [0.1, 0.15) is 18.1 Å². The summed E-state index contributed by atoms with van der Waals surface area (Å²) >= 11 is 3.36. The second-order valence-electron chi connectivity index (χ2n) is 4.20. The third-order valence-electron chi connectivity index (χ3n) is 2.73. The van der Waals surface area contributed by atoms with Gasteiger partial charge in [-0.3, -0.25) is 10.1 Å². The smallest absolute Gasteiger partial charge is 0.415 e. The number of rotatable bonds is 3. The Bertz CT molecular complexity index is 457. The van der Waals surface area contributed by atoms with Gasteiger partial charge in [0.25, 0.3) is 5.91 Å². The Morgan fingerprint density at radius 2 is 1.82 bits per heavy atom. The van der Waals surface area contributed by atoms with Crippen LogP contribution in [0.3, 0.4) is 0 Å². The van der Waals surface area contributed by atoms with Crippen molar-refractivity contribution in [2.45, 2.75) is 24.3 Å². The first kappa shape index (κ1) is 12.1. The largest absolute Gasteiger partial charge is 0.432 e. The Kier molecular flexibility index (Phi) is 3.19. The van der Waals surface area contributed by atoms with E-state index in [2.05, 4.69) is 21.2 Å². The molecule has 1 fully saturated rings. The number of carbonyl (C=O) groups excluding carboxylic acids is 2. The summed E-state index contributed by atoms with van der Waals surface area (Å²) in [6, 6.07) is 7.81. The highest BCUT2D eigenvalue weighted by atomic mass is 79.9. The molecule has 90 valence electrons. The molecule has 4 nitrogen and oxygen atoms in total. The maximum Gasteiger partial charge on any atom is 0.415 e. The minimum Gasteiger partial charge on any atom is -0.432 e. The monoisotopic (exact) mass is 297 g/mol. The number of cyclic esters (lactones) is 1. The van der Waals surface area contributed by atoms with Crippen LogP contribution in [0.25, 0.3) is 0 Å². The molecule has 0 spiro atoms. The van der Waals surface area contributed by atoms with Crippen molar-refractivity contribution >= 4 is 27.9 Å². The Labute approximate surface area is 107 Å². The number of hydrogen-bond donors (Lipinski definition) is 1. The van der Waals surface area contributed by atoms with Gasteiger partial charge in [-0.15, -0.1) is 0 Å². The van der Waals surface area contributed by atoms with Gasteiger partial charge >= 0.3 is 6.09 Å². The van der Waals surface area contributed by atoms with E-state index >= 15 is 0 Å². The summed E-state index contributed by atoms with van der Waals surface area (Å²) in [7, 11) is 0. The van der Waals surface area contributed by atoms with Crippen molar-refractivity contribution in [1.82, 2.24) is 5.32 Å². The quantitative estimate of drug-likeness (QED) is 0.870. The highest BCUT2D eigenvalue weighted by molar-refractivity contribution is 9.08. The predicted octanol–water partition coefficient (Wildman–Crippen LogP) is 2.15. The molecular formula is C12H12BrNO3. The van der Waals surface area contributed by atoms with Gasteiger partial charge in [-0.1, -0.05) is 40.2 Å². The Morgan fingerprint density at radius 1 is 1.24 bits per heavy atom. The number of imide groups is 1. The maximum atomic E-state index is 11.6. The zero-order chi connectivity index (χ0) is 12.5. The van der Waals surface area contributed by atoms with Gasteiger partial charge < -0.3 is 4.74 Å². The number of amides is 2. The van der Waals surface area contributed by atoms with E-state index in [-0.39, 0.29) is 5.91 Å². The lowest BCUT2D eigenvalue weighted by atomic mass is 9.95. The van der Waals surface area contributed by atoms with Crippen LogP contribution in [0.2, 0.25) is 0 Å². The molecular weight excluding hydrogens is 286 g/mol. The number of alkyl carbamates (subject to hydrolysis) is 1. The van der Waals surface area contributed by atoms with Crippen LogP contribution in [0.15, 0.2) is 24.3 Å². The lowest BCUT2D eigenvalue weighted by Gasteiger charge is -2.18. The van der Waals surface area contributed by atoms with Crippen molar-refractivity contribution in [2.75, 3.05) is 0 Å². The maximum absolute atomic E-state index is 11.6. The van der Waals surface area contributed by atoms with Gasteiger partial charge in [0.05, 0.1) is 0 Å². The molecule has 1 heterocycles. The highest BCUT2D eigenvalue weighted by Gasteiger charge is 2.44. The summed E-state index contributed by atoms with van der Waals surface area (Å²) in [5, 5.41) is 2.93. The van der Waals surface area contributed by atoms with Crippen LogP contribution in [-0.2, 0) is 21.3 Å². The standard InChI is InChI=1S/C12H12BrNO3/c1-12(10(15)14-11(16)17-12)6-8-2-4-9(7-13)5-3-8/h2-5H,6-7H2,1H3,(H,14,15,16)/t12-/m0/s1. The minimum atomic E-state index is -1.09. The third kappa shape index (κ3) is 2.49. The third-order valence-corrected chi connectivity index (χ3v) is 3.38. The van der Waals surface area contributed by atoms with Crippen LogP contribution in [0.4, 0.5) is 4.79 Å². The molecule has 1 aliphatic heterocycles. The average Bonchev–Trinajstić information content (AvgIpc) is 2.53. The lowest BCUT2D eigenvalue weighted by molar-refractivity contribution is -0.129. The van der Waals surface area contributed by atoms with Gasteiger partial charge in [0.15, 0.2) is 5.60 Å². The van der Waals surface area contributed by atoms with E-state index in [1.54, 1.807) is 6.92 Å². The van der Waals surface area contributed by atoms with Crippen LogP contribution >= 0.6 is 15.9 Å². The van der Waals surface area contributed by atoms with Gasteiger partial charge in [-0.05, 0) is 18.1 Å². The summed E-state index contributed by atoms with van der Waals surface area (Å²) in [5.41, 5.74) is 1.03. The summed E-state index contributed by atoms with van der Waals surface area (Å²) in [5.74, 6) is -0.382. The number of halogens is 1. The zero-order valence-corrected chi connectivity index (χ0v) is 10.9. The second-order valence-corrected chi connectivity index (χ2v) is 4.76. The number of benzene rings is 1.